The first-order chi connectivity index (χ1) is 25.4. The van der Waals surface area contributed by atoms with E-state index in [2.05, 4.69) is 35.0 Å². The van der Waals surface area contributed by atoms with Gasteiger partial charge in [-0.05, 0) is 32.1 Å². The van der Waals surface area contributed by atoms with Crippen molar-refractivity contribution >= 4 is 55.3 Å². The first-order valence-corrected chi connectivity index (χ1v) is 20.2. The van der Waals surface area contributed by atoms with Gasteiger partial charge < -0.3 is 25.2 Å². The SMILES string of the molecule is [2H]C([2H])(OC(=O)CCCCCCCCCCCCCCCC)[C@@]([2H])(OC(=O)CCCCCCC/C=C\CCCC)C([2H])([2H])OP(=O)(O)OC[C@H](N)C(=O)O.[Na]. The maximum Gasteiger partial charge on any atom is 0.472 e. The van der Waals surface area contributed by atoms with Crippen LogP contribution in [0.4, 0.5) is 0 Å². The number of hydrogen-bond acceptors (Lipinski definition) is 9. The molecule has 3 atom stereocenters. The van der Waals surface area contributed by atoms with Crippen LogP contribution in [0.2, 0.25) is 0 Å². The first-order valence-electron chi connectivity index (χ1n) is 21.2. The molecule has 0 heterocycles. The van der Waals surface area contributed by atoms with Crippen molar-refractivity contribution < 1.29 is 54.3 Å². The van der Waals surface area contributed by atoms with Gasteiger partial charge in [-0.15, -0.1) is 0 Å². The van der Waals surface area contributed by atoms with Gasteiger partial charge in [0.05, 0.1) is 20.0 Å². The van der Waals surface area contributed by atoms with Crippen LogP contribution in [0.3, 0.4) is 0 Å². The fourth-order valence-corrected chi connectivity index (χ4v) is 5.44. The number of phosphoric acid groups is 1. The molecule has 13 heteroatoms. The predicted octanol–water partition coefficient (Wildman–Crippen LogP) is 8.95. The van der Waals surface area contributed by atoms with E-state index in [0.29, 0.717) is 19.3 Å². The van der Waals surface area contributed by atoms with E-state index < -0.39 is 57.6 Å². The molecule has 50 heavy (non-hydrogen) atoms. The van der Waals surface area contributed by atoms with Crippen LogP contribution in [0, 0.1) is 0 Å². The molecular formula is C37H70NNaO10P. The number of phosphoric ester groups is 1. The zero-order chi connectivity index (χ0) is 40.9. The van der Waals surface area contributed by atoms with Crippen LogP contribution in [-0.4, -0.2) is 89.3 Å². The van der Waals surface area contributed by atoms with Crippen molar-refractivity contribution in [3.05, 3.63) is 12.2 Å². The number of ether oxygens (including phenoxy) is 2. The number of carboxylic acids is 1. The topological polar surface area (TPSA) is 172 Å². The average Bonchev–Trinajstić information content (AvgIpc) is 3.08. The zero-order valence-electron chi connectivity index (χ0n) is 36.3. The Bertz CT molecular complexity index is 1120. The third-order valence-corrected chi connectivity index (χ3v) is 8.64. The fourth-order valence-electron chi connectivity index (χ4n) is 4.84. The molecule has 4 N–H and O–H groups in total. The number of nitrogens with two attached hydrogens (primary N) is 1. The van der Waals surface area contributed by atoms with Crippen LogP contribution >= 0.6 is 7.82 Å². The number of unbranched alkanes of at least 4 members (excludes halogenated alkanes) is 20. The Balaban J connectivity index is 0. The molecule has 0 aliphatic carbocycles. The Morgan fingerprint density at radius 3 is 1.64 bits per heavy atom. The summed E-state index contributed by atoms with van der Waals surface area (Å²) in [5.74, 6) is -3.98. The molecule has 0 fully saturated rings. The van der Waals surface area contributed by atoms with Gasteiger partial charge in [0.2, 0.25) is 0 Å². The van der Waals surface area contributed by atoms with Crippen molar-refractivity contribution in [1.82, 2.24) is 0 Å². The molecule has 289 valence electrons. The second-order valence-corrected chi connectivity index (χ2v) is 13.9. The Hall–Kier alpha value is -0.780. The Kier molecular flexibility index (Phi) is 30.7. The van der Waals surface area contributed by atoms with E-state index in [9.17, 15) is 23.8 Å². The van der Waals surface area contributed by atoms with Crippen molar-refractivity contribution in [2.75, 3.05) is 19.7 Å². The van der Waals surface area contributed by atoms with E-state index in [1.165, 1.54) is 51.4 Å². The van der Waals surface area contributed by atoms with Gasteiger partial charge in [-0.3, -0.25) is 23.4 Å². The van der Waals surface area contributed by atoms with Crippen LogP contribution in [0.5, 0.6) is 0 Å². The molecule has 1 unspecified atom stereocenters. The summed E-state index contributed by atoms with van der Waals surface area (Å²) in [6.07, 6.45) is 22.8. The van der Waals surface area contributed by atoms with Crippen molar-refractivity contribution in [3.63, 3.8) is 0 Å². The molecule has 11 nitrogen and oxygen atoms in total. The summed E-state index contributed by atoms with van der Waals surface area (Å²) >= 11 is 0. The van der Waals surface area contributed by atoms with Crippen LogP contribution in [0.25, 0.3) is 0 Å². The van der Waals surface area contributed by atoms with E-state index in [1.807, 2.05) is 0 Å². The normalized spacial score (nSPS) is 16.4. The predicted molar refractivity (Wildman–Crippen MR) is 200 cm³/mol. The van der Waals surface area contributed by atoms with Crippen molar-refractivity contribution in [2.45, 2.75) is 186 Å². The maximum absolute atomic E-state index is 12.8. The van der Waals surface area contributed by atoms with Crippen molar-refractivity contribution in [3.8, 4) is 0 Å². The zero-order valence-corrected chi connectivity index (χ0v) is 34.2. The second kappa shape index (κ2) is 36.6. The van der Waals surface area contributed by atoms with Gasteiger partial charge in [0.15, 0.2) is 6.08 Å². The Morgan fingerprint density at radius 2 is 1.14 bits per heavy atom. The summed E-state index contributed by atoms with van der Waals surface area (Å²) in [4.78, 5) is 46.6. The van der Waals surface area contributed by atoms with Crippen LogP contribution in [0.15, 0.2) is 12.2 Å². The molecule has 0 aliphatic rings. The van der Waals surface area contributed by atoms with E-state index in [0.717, 1.165) is 70.6 Å². The van der Waals surface area contributed by atoms with Crippen LogP contribution in [-0.2, 0) is 37.5 Å². The summed E-state index contributed by atoms with van der Waals surface area (Å²) in [6, 6.07) is -1.80. The summed E-state index contributed by atoms with van der Waals surface area (Å²) in [7, 11) is -5.59. The number of carbonyl (C=O) groups excluding carboxylic acids is 2. The molecule has 0 amide bonds. The van der Waals surface area contributed by atoms with Gasteiger partial charge >= 0.3 is 25.7 Å². The molecule has 0 aliphatic heterocycles. The van der Waals surface area contributed by atoms with Gasteiger partial charge in [-0.2, -0.15) is 0 Å². The van der Waals surface area contributed by atoms with E-state index in [4.69, 9.17) is 27.2 Å². The van der Waals surface area contributed by atoms with Gasteiger partial charge in [-0.25, -0.2) is 4.57 Å². The summed E-state index contributed by atoms with van der Waals surface area (Å²) in [5.41, 5.74) is 5.26. The standard InChI is InChI=1S/C37H70NO10P.Na/c1-3-5-7-9-11-13-15-16-17-19-20-22-24-26-28-35(39)45-30-33(31-46-49(43,44)47-32-34(38)37(41)42)48-36(40)29-27-25-23-21-18-14-12-10-8-6-4-2;/h10,12,33-34H,3-9,11,13-32,38H2,1-2H3,(H,41,42)(H,43,44);/b12-10-;/t33-,34+;/m1./s1/i30D2,31D2,33D;. The summed E-state index contributed by atoms with van der Waals surface area (Å²) in [5, 5.41) is 8.91. The monoisotopic (exact) mass is 747 g/mol. The van der Waals surface area contributed by atoms with Crippen LogP contribution < -0.4 is 5.73 Å². The first kappa shape index (κ1) is 42.0. The number of carbonyl (C=O) groups is 3. The largest absolute Gasteiger partial charge is 0.480 e. The van der Waals surface area contributed by atoms with Crippen molar-refractivity contribution in [1.29, 1.82) is 0 Å². The minimum Gasteiger partial charge on any atom is -0.480 e. The van der Waals surface area contributed by atoms with Gasteiger partial charge in [0, 0.05) is 42.4 Å². The minimum absolute atomic E-state index is 0. The molecule has 1 radical (unpaired) electrons. The third kappa shape index (κ3) is 35.6. The minimum atomic E-state index is -5.59. The van der Waals surface area contributed by atoms with E-state index in [-0.39, 0.29) is 48.8 Å². The van der Waals surface area contributed by atoms with E-state index in [1.54, 1.807) is 0 Å². The van der Waals surface area contributed by atoms with Crippen molar-refractivity contribution in [2.24, 2.45) is 5.73 Å². The average molecular weight is 748 g/mol. The fraction of sp³-hybridized carbons (Fsp3) is 0.865. The molecule has 0 rings (SSSR count). The molecule has 0 saturated carbocycles. The molecule has 0 aromatic heterocycles. The molecule has 0 saturated heterocycles. The number of carboxylic acid groups (broad SMARTS) is 1. The Morgan fingerprint density at radius 1 is 0.700 bits per heavy atom. The number of allylic oxidation sites excluding steroid dienone is 2. The molecule has 0 aromatic rings. The molecule has 0 spiro atoms. The maximum atomic E-state index is 12.8. The molecule has 0 aromatic carbocycles. The smallest absolute Gasteiger partial charge is 0.472 e. The third-order valence-electron chi connectivity index (χ3n) is 7.84. The van der Waals surface area contributed by atoms with Gasteiger partial charge in [0.25, 0.3) is 0 Å². The quantitative estimate of drug-likeness (QED) is 0.0184. The number of esters is 2. The Labute approximate surface area is 332 Å². The number of aliphatic carboxylic acids is 1. The van der Waals surface area contributed by atoms with Crippen LogP contribution in [0.1, 0.15) is 181 Å². The summed E-state index contributed by atoms with van der Waals surface area (Å²) < 4.78 is 73.2. The van der Waals surface area contributed by atoms with E-state index >= 15 is 0 Å². The van der Waals surface area contributed by atoms with Gasteiger partial charge in [0.1, 0.15) is 12.6 Å². The molecule has 0 bridgehead atoms. The number of rotatable bonds is 36. The molecular weight excluding hydrogens is 672 g/mol. The second-order valence-electron chi connectivity index (χ2n) is 12.5. The number of hydrogen-bond donors (Lipinski definition) is 3. The van der Waals surface area contributed by atoms with Gasteiger partial charge in [-0.1, -0.05) is 142 Å². The summed E-state index contributed by atoms with van der Waals surface area (Å²) in [6.45, 7) is -4.46.